The Bertz CT molecular complexity index is 695. The highest BCUT2D eigenvalue weighted by molar-refractivity contribution is 5.94. The highest BCUT2D eigenvalue weighted by atomic mass is 16.5. The van der Waals surface area contributed by atoms with Gasteiger partial charge in [-0.25, -0.2) is 0 Å². The molecule has 2 rings (SSSR count). The van der Waals surface area contributed by atoms with Crippen LogP contribution in [0.15, 0.2) is 24.3 Å². The van der Waals surface area contributed by atoms with Gasteiger partial charge in [-0.15, -0.1) is 0 Å². The van der Waals surface area contributed by atoms with Crippen LogP contribution in [0.25, 0.3) is 11.3 Å². The Hall–Kier alpha value is -2.50. The first kappa shape index (κ1) is 17.8. The van der Waals surface area contributed by atoms with Crippen molar-refractivity contribution in [1.82, 2.24) is 15.1 Å². The third-order valence-electron chi connectivity index (χ3n) is 3.67. The lowest BCUT2D eigenvalue weighted by atomic mass is 10.1. The highest BCUT2D eigenvalue weighted by Gasteiger charge is 2.18. The van der Waals surface area contributed by atoms with E-state index in [0.29, 0.717) is 36.0 Å². The Kier molecular flexibility index (Phi) is 6.23. The van der Waals surface area contributed by atoms with E-state index in [9.17, 15) is 4.79 Å². The lowest BCUT2D eigenvalue weighted by Crippen LogP contribution is -2.26. The van der Waals surface area contributed by atoms with Crippen LogP contribution in [0.4, 0.5) is 0 Å². The number of amides is 1. The van der Waals surface area contributed by atoms with Gasteiger partial charge in [-0.05, 0) is 31.0 Å². The molecule has 1 aromatic heterocycles. The zero-order valence-corrected chi connectivity index (χ0v) is 14.8. The molecule has 0 saturated heterocycles. The van der Waals surface area contributed by atoms with Crippen LogP contribution >= 0.6 is 0 Å². The maximum Gasteiger partial charge on any atom is 0.269 e. The fraction of sp³-hybridized carbons (Fsp3) is 0.444. The van der Waals surface area contributed by atoms with E-state index in [1.807, 2.05) is 31.2 Å². The maximum absolute atomic E-state index is 12.4. The number of aryl methyl sites for hydroxylation is 1. The number of methoxy groups -OCH3 is 2. The van der Waals surface area contributed by atoms with Crippen LogP contribution in [0.1, 0.15) is 37.2 Å². The molecular weight excluding hydrogens is 306 g/mol. The fourth-order valence-electron chi connectivity index (χ4n) is 2.45. The van der Waals surface area contributed by atoms with Crippen LogP contribution in [0.2, 0.25) is 0 Å². The number of nitrogens with one attached hydrogen (secondary N) is 1. The van der Waals surface area contributed by atoms with Crippen LogP contribution in [0.5, 0.6) is 11.5 Å². The molecule has 0 spiro atoms. The molecular formula is C18H25N3O3. The van der Waals surface area contributed by atoms with Crippen molar-refractivity contribution in [3.8, 4) is 22.8 Å². The summed E-state index contributed by atoms with van der Waals surface area (Å²) in [6.45, 7) is 5.42. The van der Waals surface area contributed by atoms with Gasteiger partial charge in [0.25, 0.3) is 5.91 Å². The predicted molar refractivity (Wildman–Crippen MR) is 93.7 cm³/mol. The van der Waals surface area contributed by atoms with Crippen LogP contribution in [0, 0.1) is 0 Å². The smallest absolute Gasteiger partial charge is 0.269 e. The van der Waals surface area contributed by atoms with E-state index < -0.39 is 0 Å². The Morgan fingerprint density at radius 1 is 1.17 bits per heavy atom. The largest absolute Gasteiger partial charge is 0.497 e. The monoisotopic (exact) mass is 331 g/mol. The second-order valence-corrected chi connectivity index (χ2v) is 5.46. The molecule has 24 heavy (non-hydrogen) atoms. The van der Waals surface area contributed by atoms with Gasteiger partial charge in [0.1, 0.15) is 17.2 Å². The molecule has 0 aliphatic rings. The highest BCUT2D eigenvalue weighted by Crippen LogP contribution is 2.33. The molecule has 130 valence electrons. The molecule has 6 nitrogen and oxygen atoms in total. The van der Waals surface area contributed by atoms with E-state index in [1.165, 1.54) is 0 Å². The molecule has 0 radical (unpaired) electrons. The van der Waals surface area contributed by atoms with Crippen molar-refractivity contribution in [1.29, 1.82) is 0 Å². The summed E-state index contributed by atoms with van der Waals surface area (Å²) in [5, 5.41) is 7.51. The third kappa shape index (κ3) is 3.88. The Balaban J connectivity index is 2.42. The molecule has 0 fully saturated rings. The first-order valence-electron chi connectivity index (χ1n) is 8.23. The predicted octanol–water partition coefficient (Wildman–Crippen LogP) is 3.12. The summed E-state index contributed by atoms with van der Waals surface area (Å²) in [6, 6.07) is 7.37. The van der Waals surface area contributed by atoms with Crippen molar-refractivity contribution in [3.63, 3.8) is 0 Å². The van der Waals surface area contributed by atoms with Crippen molar-refractivity contribution in [2.75, 3.05) is 20.8 Å². The SMILES string of the molecule is CCCNC(=O)c1cc(-c2ccc(OC)cc2OC)nn1CCC. The minimum Gasteiger partial charge on any atom is -0.497 e. The van der Waals surface area contributed by atoms with Gasteiger partial charge in [0.05, 0.1) is 19.9 Å². The molecule has 0 aliphatic heterocycles. The summed E-state index contributed by atoms with van der Waals surface area (Å²) in [7, 11) is 3.22. The van der Waals surface area contributed by atoms with Gasteiger partial charge >= 0.3 is 0 Å². The summed E-state index contributed by atoms with van der Waals surface area (Å²) in [4.78, 5) is 12.4. The number of nitrogens with zero attached hydrogens (tertiary/aromatic N) is 2. The zero-order valence-electron chi connectivity index (χ0n) is 14.8. The number of rotatable bonds is 8. The van der Waals surface area contributed by atoms with Crippen molar-refractivity contribution in [2.45, 2.75) is 33.2 Å². The van der Waals surface area contributed by atoms with Gasteiger partial charge in [0, 0.05) is 24.7 Å². The Morgan fingerprint density at radius 2 is 1.96 bits per heavy atom. The maximum atomic E-state index is 12.4. The van der Waals surface area contributed by atoms with E-state index >= 15 is 0 Å². The van der Waals surface area contributed by atoms with E-state index in [2.05, 4.69) is 17.3 Å². The van der Waals surface area contributed by atoms with E-state index in [-0.39, 0.29) is 5.91 Å². The van der Waals surface area contributed by atoms with Crippen molar-refractivity contribution in [2.24, 2.45) is 0 Å². The summed E-state index contributed by atoms with van der Waals surface area (Å²) in [5.41, 5.74) is 2.11. The average molecular weight is 331 g/mol. The topological polar surface area (TPSA) is 65.4 Å². The van der Waals surface area contributed by atoms with Crippen molar-refractivity contribution >= 4 is 5.91 Å². The van der Waals surface area contributed by atoms with Crippen molar-refractivity contribution < 1.29 is 14.3 Å². The van der Waals surface area contributed by atoms with Gasteiger partial charge < -0.3 is 14.8 Å². The van der Waals surface area contributed by atoms with Gasteiger partial charge in [-0.3, -0.25) is 9.48 Å². The zero-order chi connectivity index (χ0) is 17.5. The number of hydrogen-bond acceptors (Lipinski definition) is 4. The molecule has 6 heteroatoms. The number of carbonyl (C=O) groups excluding carboxylic acids is 1. The quantitative estimate of drug-likeness (QED) is 0.807. The lowest BCUT2D eigenvalue weighted by molar-refractivity contribution is 0.0942. The van der Waals surface area contributed by atoms with Crippen LogP contribution in [-0.2, 0) is 6.54 Å². The van der Waals surface area contributed by atoms with E-state index in [4.69, 9.17) is 9.47 Å². The molecule has 0 bridgehead atoms. The molecule has 1 aromatic carbocycles. The number of ether oxygens (including phenoxy) is 2. The molecule has 0 unspecified atom stereocenters. The summed E-state index contributed by atoms with van der Waals surface area (Å²) in [5.74, 6) is 1.28. The van der Waals surface area contributed by atoms with E-state index in [0.717, 1.165) is 18.4 Å². The summed E-state index contributed by atoms with van der Waals surface area (Å²) in [6.07, 6.45) is 1.79. The number of benzene rings is 1. The fourth-order valence-corrected chi connectivity index (χ4v) is 2.45. The number of carbonyl (C=O) groups is 1. The van der Waals surface area contributed by atoms with Crippen LogP contribution < -0.4 is 14.8 Å². The van der Waals surface area contributed by atoms with Gasteiger partial charge in [0.2, 0.25) is 0 Å². The normalized spacial score (nSPS) is 10.5. The van der Waals surface area contributed by atoms with Crippen LogP contribution in [-0.4, -0.2) is 36.5 Å². The molecule has 2 aromatic rings. The minimum atomic E-state index is -0.100. The molecule has 0 saturated carbocycles. The lowest BCUT2D eigenvalue weighted by Gasteiger charge is -2.08. The molecule has 1 N–H and O–H groups in total. The van der Waals surface area contributed by atoms with Gasteiger partial charge in [0.15, 0.2) is 0 Å². The average Bonchev–Trinajstić information content (AvgIpc) is 3.03. The van der Waals surface area contributed by atoms with E-state index in [1.54, 1.807) is 18.9 Å². The number of hydrogen-bond donors (Lipinski definition) is 1. The Labute approximate surface area is 142 Å². The molecule has 0 atom stereocenters. The standard InChI is InChI=1S/C18H25N3O3/c1-5-9-19-18(22)16-12-15(20-21(16)10-6-2)14-8-7-13(23-3)11-17(14)24-4/h7-8,11-12H,5-6,9-10H2,1-4H3,(H,19,22). The molecule has 1 heterocycles. The molecule has 1 amide bonds. The molecule has 0 aliphatic carbocycles. The van der Waals surface area contributed by atoms with Crippen molar-refractivity contribution in [3.05, 3.63) is 30.0 Å². The third-order valence-corrected chi connectivity index (χ3v) is 3.67. The first-order valence-corrected chi connectivity index (χ1v) is 8.23. The Morgan fingerprint density at radius 3 is 2.58 bits per heavy atom. The summed E-state index contributed by atoms with van der Waals surface area (Å²) < 4.78 is 12.4. The second kappa shape index (κ2) is 8.38. The first-order chi connectivity index (χ1) is 11.6. The second-order valence-electron chi connectivity index (χ2n) is 5.46. The summed E-state index contributed by atoms with van der Waals surface area (Å²) >= 11 is 0. The van der Waals surface area contributed by atoms with Gasteiger partial charge in [-0.1, -0.05) is 13.8 Å². The van der Waals surface area contributed by atoms with Gasteiger partial charge in [-0.2, -0.15) is 5.10 Å². The minimum absolute atomic E-state index is 0.100. The van der Waals surface area contributed by atoms with Crippen LogP contribution in [0.3, 0.4) is 0 Å². The number of aromatic nitrogens is 2.